The van der Waals surface area contributed by atoms with Crippen LogP contribution in [0.5, 0.6) is 5.88 Å². The first-order valence-corrected chi connectivity index (χ1v) is 7.33. The van der Waals surface area contributed by atoms with Crippen LogP contribution in [-0.4, -0.2) is 9.97 Å². The van der Waals surface area contributed by atoms with Gasteiger partial charge in [-0.2, -0.15) is 4.98 Å². The van der Waals surface area contributed by atoms with E-state index in [9.17, 15) is 0 Å². The Morgan fingerprint density at radius 1 is 1.32 bits per heavy atom. The zero-order valence-electron chi connectivity index (χ0n) is 11.5. The summed E-state index contributed by atoms with van der Waals surface area (Å²) >= 11 is 7.82. The predicted molar refractivity (Wildman–Crippen MR) is 79.1 cm³/mol. The highest BCUT2D eigenvalue weighted by Gasteiger charge is 2.21. The summed E-state index contributed by atoms with van der Waals surface area (Å²) in [6.07, 6.45) is 0. The number of thiophene rings is 1. The number of ether oxygens (including phenoxy) is 1. The average molecular weight is 297 g/mol. The lowest BCUT2D eigenvalue weighted by atomic mass is 9.96. The third-order valence-electron chi connectivity index (χ3n) is 2.64. The van der Waals surface area contributed by atoms with Crippen molar-refractivity contribution in [3.63, 3.8) is 0 Å². The van der Waals surface area contributed by atoms with Crippen molar-refractivity contribution >= 4 is 22.9 Å². The predicted octanol–water partition coefficient (Wildman–Crippen LogP) is 4.38. The van der Waals surface area contributed by atoms with Crippen LogP contribution in [0.3, 0.4) is 0 Å². The van der Waals surface area contributed by atoms with Gasteiger partial charge in [-0.15, -0.1) is 11.3 Å². The van der Waals surface area contributed by atoms with Crippen LogP contribution in [0.1, 0.15) is 37.0 Å². The van der Waals surface area contributed by atoms with Gasteiger partial charge in [0.05, 0.1) is 0 Å². The Morgan fingerprint density at radius 2 is 2.05 bits per heavy atom. The Bertz CT molecular complexity index is 562. The molecule has 2 aromatic heterocycles. The van der Waals surface area contributed by atoms with Gasteiger partial charge in [0, 0.05) is 15.9 Å². The Morgan fingerprint density at radius 3 is 2.63 bits per heavy atom. The highest BCUT2D eigenvalue weighted by atomic mass is 35.5. The lowest BCUT2D eigenvalue weighted by Gasteiger charge is -2.18. The molecule has 0 aliphatic rings. The van der Waals surface area contributed by atoms with Crippen LogP contribution in [0.2, 0.25) is 5.15 Å². The van der Waals surface area contributed by atoms with Gasteiger partial charge in [0.1, 0.15) is 17.6 Å². The smallest absolute Gasteiger partial charge is 0.221 e. The maximum Gasteiger partial charge on any atom is 0.221 e. The first kappa shape index (κ1) is 14.3. The van der Waals surface area contributed by atoms with E-state index in [0.717, 1.165) is 10.4 Å². The third-order valence-corrected chi connectivity index (χ3v) is 3.86. The second-order valence-electron chi connectivity index (χ2n) is 5.39. The highest BCUT2D eigenvalue weighted by Crippen LogP contribution is 2.28. The molecule has 0 saturated carbocycles. The third kappa shape index (κ3) is 3.45. The van der Waals surface area contributed by atoms with Crippen LogP contribution in [0, 0.1) is 6.92 Å². The Hall–Kier alpha value is -1.13. The van der Waals surface area contributed by atoms with Crippen molar-refractivity contribution in [1.82, 2.24) is 9.97 Å². The molecule has 0 fully saturated rings. The van der Waals surface area contributed by atoms with Gasteiger partial charge in [0.2, 0.25) is 5.88 Å². The van der Waals surface area contributed by atoms with Gasteiger partial charge in [0.25, 0.3) is 0 Å². The van der Waals surface area contributed by atoms with Crippen LogP contribution >= 0.6 is 22.9 Å². The van der Waals surface area contributed by atoms with E-state index in [0.29, 0.717) is 23.5 Å². The molecule has 5 heteroatoms. The summed E-state index contributed by atoms with van der Waals surface area (Å²) in [7, 11) is 0. The number of hydrogen-bond acceptors (Lipinski definition) is 4. The van der Waals surface area contributed by atoms with E-state index >= 15 is 0 Å². The zero-order chi connectivity index (χ0) is 14.0. The molecule has 2 heterocycles. The summed E-state index contributed by atoms with van der Waals surface area (Å²) in [5.74, 6) is 1.27. The molecule has 2 aromatic rings. The number of halogens is 1. The van der Waals surface area contributed by atoms with Crippen molar-refractivity contribution in [2.45, 2.75) is 39.7 Å². The summed E-state index contributed by atoms with van der Waals surface area (Å²) in [6, 6.07) is 4.04. The van der Waals surface area contributed by atoms with Crippen molar-refractivity contribution in [3.05, 3.63) is 38.9 Å². The monoisotopic (exact) mass is 296 g/mol. The number of hydrogen-bond donors (Lipinski definition) is 0. The lowest BCUT2D eigenvalue weighted by Crippen LogP contribution is -2.17. The molecule has 0 aromatic carbocycles. The minimum Gasteiger partial charge on any atom is -0.472 e. The molecule has 0 spiro atoms. The lowest BCUT2D eigenvalue weighted by molar-refractivity contribution is 0.291. The van der Waals surface area contributed by atoms with Gasteiger partial charge in [-0.3, -0.25) is 0 Å². The maximum absolute atomic E-state index is 6.16. The number of aromatic nitrogens is 2. The van der Waals surface area contributed by atoms with Gasteiger partial charge in [-0.1, -0.05) is 38.4 Å². The van der Waals surface area contributed by atoms with Crippen molar-refractivity contribution in [2.24, 2.45) is 0 Å². The van der Waals surface area contributed by atoms with Gasteiger partial charge >= 0.3 is 0 Å². The molecular weight excluding hydrogens is 280 g/mol. The van der Waals surface area contributed by atoms with Crippen molar-refractivity contribution in [2.75, 3.05) is 0 Å². The number of nitrogens with zero attached hydrogens (tertiary/aromatic N) is 2. The van der Waals surface area contributed by atoms with E-state index in [1.165, 1.54) is 0 Å². The largest absolute Gasteiger partial charge is 0.472 e. The van der Waals surface area contributed by atoms with Gasteiger partial charge in [-0.05, 0) is 18.4 Å². The average Bonchev–Trinajstić information content (AvgIpc) is 2.82. The molecule has 0 aliphatic carbocycles. The van der Waals surface area contributed by atoms with Crippen LogP contribution < -0.4 is 4.74 Å². The molecule has 0 bridgehead atoms. The Labute approximate surface area is 122 Å². The summed E-state index contributed by atoms with van der Waals surface area (Å²) in [5, 5.41) is 2.49. The molecule has 0 aliphatic heterocycles. The normalized spacial score (nSPS) is 11.6. The van der Waals surface area contributed by atoms with Crippen LogP contribution in [-0.2, 0) is 12.0 Å². The molecule has 0 atom stereocenters. The Kier molecular flexibility index (Phi) is 4.11. The molecule has 0 unspecified atom stereocenters. The van der Waals surface area contributed by atoms with E-state index in [-0.39, 0.29) is 5.41 Å². The van der Waals surface area contributed by atoms with E-state index in [1.807, 2.05) is 24.4 Å². The number of rotatable bonds is 3. The molecule has 2 rings (SSSR count). The van der Waals surface area contributed by atoms with E-state index in [2.05, 4.69) is 30.7 Å². The minimum atomic E-state index is -0.154. The van der Waals surface area contributed by atoms with Crippen molar-refractivity contribution < 1.29 is 4.74 Å². The molecule has 0 amide bonds. The van der Waals surface area contributed by atoms with Crippen LogP contribution in [0.15, 0.2) is 17.5 Å². The standard InChI is InChI=1S/C14H17ClN2OS/c1-9-11(15)16-13(14(2,3)4)17-12(9)18-8-10-6-5-7-19-10/h5-7H,8H2,1-4H3. The fraction of sp³-hybridized carbons (Fsp3) is 0.429. The molecule has 3 nitrogen and oxygen atoms in total. The topological polar surface area (TPSA) is 35.0 Å². The molecule has 102 valence electrons. The molecular formula is C14H17ClN2OS. The molecule has 0 radical (unpaired) electrons. The van der Waals surface area contributed by atoms with E-state index in [1.54, 1.807) is 11.3 Å². The minimum absolute atomic E-state index is 0.154. The zero-order valence-corrected chi connectivity index (χ0v) is 13.1. The van der Waals surface area contributed by atoms with Gasteiger partial charge in [0.15, 0.2) is 0 Å². The first-order chi connectivity index (χ1) is 8.88. The molecule has 19 heavy (non-hydrogen) atoms. The second-order valence-corrected chi connectivity index (χ2v) is 6.78. The molecule has 0 saturated heterocycles. The van der Waals surface area contributed by atoms with Crippen LogP contribution in [0.4, 0.5) is 0 Å². The summed E-state index contributed by atoms with van der Waals surface area (Å²) in [5.41, 5.74) is 0.629. The molecule has 0 N–H and O–H groups in total. The Balaban J connectivity index is 2.26. The quantitative estimate of drug-likeness (QED) is 0.789. The summed E-state index contributed by atoms with van der Waals surface area (Å²) < 4.78 is 5.77. The van der Waals surface area contributed by atoms with Crippen molar-refractivity contribution in [3.8, 4) is 5.88 Å². The van der Waals surface area contributed by atoms with E-state index in [4.69, 9.17) is 16.3 Å². The maximum atomic E-state index is 6.16. The van der Waals surface area contributed by atoms with Gasteiger partial charge < -0.3 is 4.74 Å². The summed E-state index contributed by atoms with van der Waals surface area (Å²) in [4.78, 5) is 9.98. The fourth-order valence-electron chi connectivity index (χ4n) is 1.48. The van der Waals surface area contributed by atoms with E-state index < -0.39 is 0 Å². The fourth-order valence-corrected chi connectivity index (χ4v) is 2.26. The van der Waals surface area contributed by atoms with Gasteiger partial charge in [-0.25, -0.2) is 4.98 Å². The second kappa shape index (κ2) is 5.47. The van der Waals surface area contributed by atoms with Crippen LogP contribution in [0.25, 0.3) is 0 Å². The SMILES string of the molecule is Cc1c(Cl)nc(C(C)(C)C)nc1OCc1cccs1. The van der Waals surface area contributed by atoms with Crippen molar-refractivity contribution in [1.29, 1.82) is 0 Å². The summed E-state index contributed by atoms with van der Waals surface area (Å²) in [6.45, 7) is 8.54. The first-order valence-electron chi connectivity index (χ1n) is 6.07. The highest BCUT2D eigenvalue weighted by molar-refractivity contribution is 7.09.